The molecule has 0 N–H and O–H groups in total. The number of benzene rings is 1. The number of hydrogen-bond donors (Lipinski definition) is 0. The van der Waals surface area contributed by atoms with Crippen LogP contribution in [0.25, 0.3) is 0 Å². The first kappa shape index (κ1) is 11.5. The predicted molar refractivity (Wildman–Crippen MR) is 68.8 cm³/mol. The lowest BCUT2D eigenvalue weighted by Crippen LogP contribution is -2.66. The molecule has 17 heavy (non-hydrogen) atoms. The molecule has 0 saturated heterocycles. The molecule has 2 bridgehead atoms. The van der Waals surface area contributed by atoms with Crippen LogP contribution < -0.4 is 0 Å². The molecule has 1 aromatic carbocycles. The molecule has 2 nitrogen and oxygen atoms in total. The van der Waals surface area contributed by atoms with Crippen molar-refractivity contribution >= 4 is 19.7 Å². The minimum atomic E-state index is -3.35. The summed E-state index contributed by atoms with van der Waals surface area (Å²) in [6, 6.07) is 8.60. The van der Waals surface area contributed by atoms with E-state index in [2.05, 4.69) is 31.2 Å². The molecule has 0 radical (unpaired) electrons. The zero-order valence-electron chi connectivity index (χ0n) is 9.74. The van der Waals surface area contributed by atoms with Crippen LogP contribution in [0.4, 0.5) is 0 Å². The van der Waals surface area contributed by atoms with Crippen molar-refractivity contribution in [3.63, 3.8) is 0 Å². The second-order valence-corrected chi connectivity index (χ2v) is 8.64. The van der Waals surface area contributed by atoms with Crippen LogP contribution in [-0.2, 0) is 14.5 Å². The molecule has 0 aliphatic heterocycles. The van der Waals surface area contributed by atoms with Crippen molar-refractivity contribution in [3.05, 3.63) is 35.4 Å². The zero-order valence-corrected chi connectivity index (χ0v) is 11.3. The van der Waals surface area contributed by atoms with E-state index in [0.717, 1.165) is 19.3 Å². The molecule has 4 heteroatoms. The molecule has 3 aliphatic rings. The monoisotopic (exact) mass is 270 g/mol. The Morgan fingerprint density at radius 2 is 1.71 bits per heavy atom. The number of halogens is 1. The van der Waals surface area contributed by atoms with E-state index in [9.17, 15) is 8.42 Å². The van der Waals surface area contributed by atoms with Crippen molar-refractivity contribution in [2.75, 3.05) is 5.75 Å². The van der Waals surface area contributed by atoms with Gasteiger partial charge in [-0.3, -0.25) is 0 Å². The van der Waals surface area contributed by atoms with Gasteiger partial charge in [0.25, 0.3) is 0 Å². The van der Waals surface area contributed by atoms with Gasteiger partial charge >= 0.3 is 0 Å². The number of aryl methyl sites for hydroxylation is 1. The highest BCUT2D eigenvalue weighted by Crippen LogP contribution is 2.74. The maximum absolute atomic E-state index is 11.1. The molecular formula is C13H15ClO2S. The van der Waals surface area contributed by atoms with E-state index < -0.39 is 9.05 Å². The average molecular weight is 271 g/mol. The summed E-state index contributed by atoms with van der Waals surface area (Å²) in [5, 5.41) is 0. The highest BCUT2D eigenvalue weighted by Gasteiger charge is 2.68. The van der Waals surface area contributed by atoms with E-state index in [4.69, 9.17) is 10.7 Å². The van der Waals surface area contributed by atoms with Crippen molar-refractivity contribution in [1.82, 2.24) is 0 Å². The molecule has 3 aliphatic carbocycles. The Balaban J connectivity index is 1.74. The Bertz CT molecular complexity index is 540. The summed E-state index contributed by atoms with van der Waals surface area (Å²) >= 11 is 0. The Kier molecular flexibility index (Phi) is 2.22. The Morgan fingerprint density at radius 1 is 1.18 bits per heavy atom. The minimum absolute atomic E-state index is 0.00846. The smallest absolute Gasteiger partial charge is 0.212 e. The summed E-state index contributed by atoms with van der Waals surface area (Å²) in [7, 11) is 1.99. The van der Waals surface area contributed by atoms with E-state index in [0.29, 0.717) is 0 Å². The first-order valence-electron chi connectivity index (χ1n) is 5.82. The van der Waals surface area contributed by atoms with Crippen LogP contribution in [0.2, 0.25) is 0 Å². The van der Waals surface area contributed by atoms with Crippen LogP contribution in [0.3, 0.4) is 0 Å². The fourth-order valence-corrected chi connectivity index (χ4v) is 5.46. The molecule has 0 amide bonds. The lowest BCUT2D eigenvalue weighted by Gasteiger charge is -2.71. The quantitative estimate of drug-likeness (QED) is 0.792. The maximum atomic E-state index is 11.1. The normalized spacial score (nSPS) is 34.9. The summed E-state index contributed by atoms with van der Waals surface area (Å²) in [4.78, 5) is 0. The molecule has 3 saturated carbocycles. The van der Waals surface area contributed by atoms with Gasteiger partial charge < -0.3 is 0 Å². The van der Waals surface area contributed by atoms with Crippen molar-refractivity contribution < 1.29 is 8.42 Å². The summed E-state index contributed by atoms with van der Waals surface area (Å²) in [5.74, 6) is 0.148. The fraction of sp³-hybridized carbons (Fsp3) is 0.538. The molecule has 92 valence electrons. The lowest BCUT2D eigenvalue weighted by molar-refractivity contribution is -0.122. The summed E-state index contributed by atoms with van der Waals surface area (Å²) in [6.07, 6.45) is 2.94. The maximum Gasteiger partial charge on any atom is 0.233 e. The molecule has 1 aromatic rings. The van der Waals surface area contributed by atoms with Crippen molar-refractivity contribution in [2.24, 2.45) is 5.41 Å². The second-order valence-electron chi connectivity index (χ2n) is 5.86. The molecule has 0 unspecified atom stereocenters. The highest BCUT2D eigenvalue weighted by molar-refractivity contribution is 8.13. The van der Waals surface area contributed by atoms with E-state index in [1.807, 2.05) is 0 Å². The van der Waals surface area contributed by atoms with Crippen LogP contribution in [0.1, 0.15) is 30.4 Å². The van der Waals surface area contributed by atoms with Crippen molar-refractivity contribution in [3.8, 4) is 0 Å². The first-order chi connectivity index (χ1) is 7.83. The van der Waals surface area contributed by atoms with Crippen molar-refractivity contribution in [2.45, 2.75) is 31.6 Å². The van der Waals surface area contributed by atoms with Gasteiger partial charge in [-0.15, -0.1) is 0 Å². The molecule has 0 atom stereocenters. The summed E-state index contributed by atoms with van der Waals surface area (Å²) in [6.45, 7) is 2.08. The SMILES string of the molecule is Cc1ccc(C23CC(CS(=O)(=O)Cl)(C2)C3)cc1. The first-order valence-corrected chi connectivity index (χ1v) is 8.30. The van der Waals surface area contributed by atoms with Gasteiger partial charge in [0.05, 0.1) is 5.75 Å². The van der Waals surface area contributed by atoms with Crippen LogP contribution >= 0.6 is 10.7 Å². The van der Waals surface area contributed by atoms with Crippen LogP contribution in [0.15, 0.2) is 24.3 Å². The van der Waals surface area contributed by atoms with Crippen LogP contribution in [-0.4, -0.2) is 14.2 Å². The van der Waals surface area contributed by atoms with E-state index in [-0.39, 0.29) is 16.6 Å². The summed E-state index contributed by atoms with van der Waals surface area (Å²) in [5.41, 5.74) is 2.87. The number of hydrogen-bond acceptors (Lipinski definition) is 2. The van der Waals surface area contributed by atoms with Gasteiger partial charge in [0.2, 0.25) is 9.05 Å². The van der Waals surface area contributed by atoms with Gasteiger partial charge in [-0.05, 0) is 42.6 Å². The average Bonchev–Trinajstić information content (AvgIpc) is 2.09. The van der Waals surface area contributed by atoms with Gasteiger partial charge in [0.1, 0.15) is 0 Å². The largest absolute Gasteiger partial charge is 0.233 e. The topological polar surface area (TPSA) is 34.1 Å². The molecule has 3 fully saturated rings. The van der Waals surface area contributed by atoms with Crippen LogP contribution in [0.5, 0.6) is 0 Å². The highest BCUT2D eigenvalue weighted by atomic mass is 35.7. The summed E-state index contributed by atoms with van der Waals surface area (Å²) < 4.78 is 22.2. The van der Waals surface area contributed by atoms with E-state index >= 15 is 0 Å². The predicted octanol–water partition coefficient (Wildman–Crippen LogP) is 2.99. The fourth-order valence-electron chi connectivity index (χ4n) is 3.73. The molecule has 0 heterocycles. The Hall–Kier alpha value is -0.540. The third-order valence-corrected chi connectivity index (χ3v) is 5.57. The Labute approximate surface area is 106 Å². The van der Waals surface area contributed by atoms with Gasteiger partial charge in [-0.25, -0.2) is 8.42 Å². The second kappa shape index (κ2) is 3.27. The lowest BCUT2D eigenvalue weighted by atomic mass is 9.34. The standard InChI is InChI=1S/C13H15ClO2S/c1-10-2-4-11(5-3-10)13-6-12(7-13,8-13)9-17(14,15)16/h2-5H,6-9H2,1H3. The van der Waals surface area contributed by atoms with Crippen molar-refractivity contribution in [1.29, 1.82) is 0 Å². The van der Waals surface area contributed by atoms with E-state index in [1.165, 1.54) is 11.1 Å². The molecule has 4 rings (SSSR count). The molecule has 0 aromatic heterocycles. The van der Waals surface area contributed by atoms with E-state index in [1.54, 1.807) is 0 Å². The van der Waals surface area contributed by atoms with Crippen LogP contribution in [0, 0.1) is 12.3 Å². The molecular weight excluding hydrogens is 256 g/mol. The van der Waals surface area contributed by atoms with Gasteiger partial charge in [0.15, 0.2) is 0 Å². The third kappa shape index (κ3) is 1.80. The van der Waals surface area contributed by atoms with Gasteiger partial charge in [-0.1, -0.05) is 29.8 Å². The minimum Gasteiger partial charge on any atom is -0.212 e. The third-order valence-electron chi connectivity index (χ3n) is 4.28. The van der Waals surface area contributed by atoms with Gasteiger partial charge in [-0.2, -0.15) is 0 Å². The zero-order chi connectivity index (χ0) is 12.3. The molecule has 0 spiro atoms. The number of rotatable bonds is 3. The Morgan fingerprint density at radius 3 is 2.18 bits per heavy atom. The van der Waals surface area contributed by atoms with Gasteiger partial charge in [0, 0.05) is 10.7 Å².